The molecule has 0 heterocycles. The van der Waals surface area contributed by atoms with Gasteiger partial charge in [0, 0.05) is 5.41 Å². The number of ketones is 1. The highest BCUT2D eigenvalue weighted by molar-refractivity contribution is 5.91. The largest absolute Gasteiger partial charge is 1.00 e. The van der Waals surface area contributed by atoms with Crippen molar-refractivity contribution in [2.75, 3.05) is 13.1 Å². The molecule has 0 aromatic heterocycles. The molecule has 2 nitrogen and oxygen atoms in total. The van der Waals surface area contributed by atoms with Gasteiger partial charge in [0.15, 0.2) is 0 Å². The molecule has 0 radical (unpaired) electrons. The van der Waals surface area contributed by atoms with Crippen LogP contribution in [0.5, 0.6) is 0 Å². The van der Waals surface area contributed by atoms with Gasteiger partial charge in [0.1, 0.15) is 5.78 Å². The molecule has 0 spiro atoms. The highest BCUT2D eigenvalue weighted by Gasteiger charge is 2.66. The van der Waals surface area contributed by atoms with Crippen LogP contribution in [0.25, 0.3) is 0 Å². The summed E-state index contributed by atoms with van der Waals surface area (Å²) in [6.07, 6.45) is 9.40. The molecule has 3 heteroatoms. The predicted molar refractivity (Wildman–Crippen MR) is 86.4 cm³/mol. The van der Waals surface area contributed by atoms with Crippen LogP contribution in [0.2, 0.25) is 0 Å². The fourth-order valence-corrected chi connectivity index (χ4v) is 5.90. The molecule has 4 atom stereocenters. The summed E-state index contributed by atoms with van der Waals surface area (Å²) in [5, 5.41) is 0. The van der Waals surface area contributed by atoms with Crippen molar-refractivity contribution < 1.29 is 22.1 Å². The van der Waals surface area contributed by atoms with Crippen LogP contribution in [0, 0.1) is 22.7 Å². The first-order valence-corrected chi connectivity index (χ1v) is 9.30. The fraction of sp³-hybridized carbons (Fsp3) is 0.947. The van der Waals surface area contributed by atoms with Crippen molar-refractivity contribution in [3.05, 3.63) is 0 Å². The van der Waals surface area contributed by atoms with E-state index < -0.39 is 0 Å². The maximum Gasteiger partial charge on any atom is 0.148 e. The highest BCUT2D eigenvalue weighted by atomic mass is 35.5. The molecule has 1 N–H and O–H groups in total. The Morgan fingerprint density at radius 3 is 2.23 bits per heavy atom. The maximum atomic E-state index is 13.0. The SMILES string of the molecule is CC[NH+](CC1C(=O)C2(C)CCC1C2(C)C)C1CCCCC1.[Cl-]. The zero-order valence-electron chi connectivity index (χ0n) is 14.9. The molecule has 2 bridgehead atoms. The van der Waals surface area contributed by atoms with Gasteiger partial charge in [-0.25, -0.2) is 0 Å². The van der Waals surface area contributed by atoms with Crippen LogP contribution in [-0.2, 0) is 4.79 Å². The number of quaternary nitrogens is 1. The smallest absolute Gasteiger partial charge is 0.148 e. The number of nitrogens with one attached hydrogen (secondary N) is 1. The van der Waals surface area contributed by atoms with Gasteiger partial charge in [-0.2, -0.15) is 0 Å². The van der Waals surface area contributed by atoms with Gasteiger partial charge < -0.3 is 17.3 Å². The number of fused-ring (bicyclic) bond motifs is 2. The topological polar surface area (TPSA) is 21.5 Å². The summed E-state index contributed by atoms with van der Waals surface area (Å²) in [4.78, 5) is 14.7. The minimum absolute atomic E-state index is 0. The quantitative estimate of drug-likeness (QED) is 0.763. The number of carbonyl (C=O) groups excluding carboxylic acids is 1. The summed E-state index contributed by atoms with van der Waals surface area (Å²) in [5.41, 5.74) is 0.188. The lowest BCUT2D eigenvalue weighted by molar-refractivity contribution is -0.927. The molecule has 3 rings (SSSR count). The number of carbonyl (C=O) groups is 1. The van der Waals surface area contributed by atoms with Gasteiger partial charge in [-0.1, -0.05) is 27.2 Å². The Morgan fingerprint density at radius 2 is 1.73 bits per heavy atom. The standard InChI is InChI=1S/C19H33NO.ClH/c1-5-20(14-9-7-6-8-10-14)13-15-16-11-12-19(4,17(15)21)18(16,2)3;/h14-16H,5-13H2,1-4H3;1H. The van der Waals surface area contributed by atoms with E-state index >= 15 is 0 Å². The zero-order valence-corrected chi connectivity index (χ0v) is 15.6. The number of hydrogen-bond acceptors (Lipinski definition) is 1. The molecule has 22 heavy (non-hydrogen) atoms. The lowest BCUT2D eigenvalue weighted by atomic mass is 9.70. The third kappa shape index (κ3) is 2.55. The highest BCUT2D eigenvalue weighted by Crippen LogP contribution is 2.65. The van der Waals surface area contributed by atoms with E-state index in [9.17, 15) is 4.79 Å². The van der Waals surface area contributed by atoms with Crippen molar-refractivity contribution in [3.63, 3.8) is 0 Å². The molecule has 0 aromatic carbocycles. The van der Waals surface area contributed by atoms with Crippen LogP contribution in [0.4, 0.5) is 0 Å². The second-order valence-corrected chi connectivity index (χ2v) is 8.72. The lowest BCUT2D eigenvalue weighted by Crippen LogP contribution is -3.16. The second kappa shape index (κ2) is 6.43. The van der Waals surface area contributed by atoms with Gasteiger partial charge in [0.2, 0.25) is 0 Å². The molecule has 3 aliphatic carbocycles. The average molecular weight is 328 g/mol. The van der Waals surface area contributed by atoms with E-state index in [2.05, 4.69) is 27.7 Å². The molecule has 128 valence electrons. The van der Waals surface area contributed by atoms with Crippen LogP contribution in [0.1, 0.15) is 72.6 Å². The van der Waals surface area contributed by atoms with Crippen molar-refractivity contribution in [2.45, 2.75) is 78.7 Å². The summed E-state index contributed by atoms with van der Waals surface area (Å²) in [6, 6.07) is 0.826. The van der Waals surface area contributed by atoms with Crippen LogP contribution in [0.3, 0.4) is 0 Å². The van der Waals surface area contributed by atoms with E-state index in [-0.39, 0.29) is 23.2 Å². The monoisotopic (exact) mass is 327 g/mol. The molecule has 3 saturated carbocycles. The van der Waals surface area contributed by atoms with Gasteiger partial charge in [0.05, 0.1) is 25.0 Å². The van der Waals surface area contributed by atoms with E-state index in [0.29, 0.717) is 17.6 Å². The Kier molecular flexibility index (Phi) is 5.34. The Labute approximate surface area is 142 Å². The van der Waals surface area contributed by atoms with E-state index in [4.69, 9.17) is 0 Å². The van der Waals surface area contributed by atoms with E-state index in [1.54, 1.807) is 4.90 Å². The van der Waals surface area contributed by atoms with Gasteiger partial charge >= 0.3 is 0 Å². The number of hydrogen-bond donors (Lipinski definition) is 1. The molecular weight excluding hydrogens is 294 g/mol. The van der Waals surface area contributed by atoms with E-state index in [0.717, 1.165) is 19.0 Å². The number of rotatable bonds is 4. The van der Waals surface area contributed by atoms with E-state index in [1.807, 2.05) is 0 Å². The van der Waals surface area contributed by atoms with Crippen molar-refractivity contribution >= 4 is 5.78 Å². The average Bonchev–Trinajstić information content (AvgIpc) is 2.79. The Balaban J connectivity index is 0.00000176. The molecule has 0 saturated heterocycles. The van der Waals surface area contributed by atoms with Crippen LogP contribution >= 0.6 is 0 Å². The number of Topliss-reactive ketones (excluding diaryl/α,β-unsaturated/α-hetero) is 1. The van der Waals surface area contributed by atoms with Gasteiger partial charge in [-0.3, -0.25) is 4.79 Å². The summed E-state index contributed by atoms with van der Waals surface area (Å²) < 4.78 is 0. The Morgan fingerprint density at radius 1 is 1.09 bits per heavy atom. The zero-order chi connectivity index (χ0) is 15.3. The predicted octanol–water partition coefficient (Wildman–Crippen LogP) is -0.131. The van der Waals surface area contributed by atoms with Crippen LogP contribution in [-0.4, -0.2) is 24.9 Å². The summed E-state index contributed by atoms with van der Waals surface area (Å²) >= 11 is 0. The van der Waals surface area contributed by atoms with E-state index in [1.165, 1.54) is 45.1 Å². The first kappa shape index (κ1) is 18.3. The van der Waals surface area contributed by atoms with Gasteiger partial charge in [-0.05, 0) is 56.8 Å². The van der Waals surface area contributed by atoms with Crippen molar-refractivity contribution in [1.29, 1.82) is 0 Å². The van der Waals surface area contributed by atoms with Crippen molar-refractivity contribution in [2.24, 2.45) is 22.7 Å². The van der Waals surface area contributed by atoms with Gasteiger partial charge in [0.25, 0.3) is 0 Å². The molecule has 3 fully saturated rings. The minimum atomic E-state index is -0.0340. The van der Waals surface area contributed by atoms with Crippen LogP contribution in [0.15, 0.2) is 0 Å². The molecule has 0 amide bonds. The summed E-state index contributed by atoms with van der Waals surface area (Å²) in [7, 11) is 0. The van der Waals surface area contributed by atoms with Crippen molar-refractivity contribution in [3.8, 4) is 0 Å². The minimum Gasteiger partial charge on any atom is -1.00 e. The molecule has 4 unspecified atom stereocenters. The number of halogens is 1. The van der Waals surface area contributed by atoms with Crippen LogP contribution < -0.4 is 17.3 Å². The maximum absolute atomic E-state index is 13.0. The third-order valence-electron chi connectivity index (χ3n) is 7.79. The Hall–Kier alpha value is -0.0800. The third-order valence-corrected chi connectivity index (χ3v) is 7.79. The second-order valence-electron chi connectivity index (χ2n) is 8.72. The lowest BCUT2D eigenvalue weighted by Gasteiger charge is -2.34. The fourth-order valence-electron chi connectivity index (χ4n) is 5.90. The summed E-state index contributed by atoms with van der Waals surface area (Å²) in [5.74, 6) is 1.58. The molecule has 0 aromatic rings. The first-order chi connectivity index (χ1) is 9.91. The first-order valence-electron chi connectivity index (χ1n) is 9.30. The Bertz CT molecular complexity index is 416. The summed E-state index contributed by atoms with van der Waals surface area (Å²) in [6.45, 7) is 11.6. The molecule has 3 aliphatic rings. The normalized spacial score (nSPS) is 38.8. The van der Waals surface area contributed by atoms with Crippen molar-refractivity contribution in [1.82, 2.24) is 0 Å². The molecule has 0 aliphatic heterocycles. The molecular formula is C19H34ClNO. The van der Waals surface area contributed by atoms with Gasteiger partial charge in [-0.15, -0.1) is 0 Å².